The van der Waals surface area contributed by atoms with Gasteiger partial charge in [0.25, 0.3) is 0 Å². The highest BCUT2D eigenvalue weighted by Gasteiger charge is 2.29. The Morgan fingerprint density at radius 3 is 2.84 bits per heavy atom. The first kappa shape index (κ1) is 22.0. The first-order valence-electron chi connectivity index (χ1n) is 10.1. The average Bonchev–Trinajstić information content (AvgIpc) is 3.01. The van der Waals surface area contributed by atoms with Crippen molar-refractivity contribution in [3.05, 3.63) is 51.1 Å². The van der Waals surface area contributed by atoms with Crippen LogP contribution in [0.3, 0.4) is 0 Å². The molecule has 0 radical (unpaired) electrons. The van der Waals surface area contributed by atoms with Crippen LogP contribution in [-0.4, -0.2) is 35.8 Å². The van der Waals surface area contributed by atoms with Crippen molar-refractivity contribution in [2.24, 2.45) is 7.05 Å². The second-order valence-corrected chi connectivity index (χ2v) is 9.65. The smallest absolute Gasteiger partial charge is 0.340 e. The Hall–Kier alpha value is -2.16. The summed E-state index contributed by atoms with van der Waals surface area (Å²) in [5.41, 5.74) is 11.6. The summed E-state index contributed by atoms with van der Waals surface area (Å²) in [5, 5.41) is 0.901. The van der Waals surface area contributed by atoms with E-state index < -0.39 is 0 Å². The highest BCUT2D eigenvalue weighted by atomic mass is 79.9. The zero-order valence-corrected chi connectivity index (χ0v) is 20.5. The van der Waals surface area contributed by atoms with Crippen molar-refractivity contribution in [2.75, 3.05) is 26.1 Å². The van der Waals surface area contributed by atoms with Gasteiger partial charge in [0.2, 0.25) is 0 Å². The highest BCUT2D eigenvalue weighted by Crippen LogP contribution is 2.43. The van der Waals surface area contributed by atoms with Gasteiger partial charge in [0, 0.05) is 46.6 Å². The fourth-order valence-electron chi connectivity index (χ4n) is 3.97. The Morgan fingerprint density at radius 1 is 1.32 bits per heavy atom. The second-order valence-electron chi connectivity index (χ2n) is 7.78. The topological polar surface area (TPSA) is 69.7 Å². The van der Waals surface area contributed by atoms with Crippen molar-refractivity contribution in [1.29, 1.82) is 0 Å². The Labute approximate surface area is 194 Å². The number of benzene rings is 2. The minimum Gasteiger partial charge on any atom is -0.477 e. The third-order valence-electron chi connectivity index (χ3n) is 5.49. The van der Waals surface area contributed by atoms with Crippen LogP contribution in [0.2, 0.25) is 0 Å². The minimum absolute atomic E-state index is 0.307. The molecular formula is C23H26BrN3O3S. The maximum atomic E-state index is 13.1. The number of fused-ring (bicyclic) bond motifs is 3. The van der Waals surface area contributed by atoms with Gasteiger partial charge in [0.1, 0.15) is 12.5 Å². The van der Waals surface area contributed by atoms with E-state index in [0.717, 1.165) is 48.5 Å². The van der Waals surface area contributed by atoms with Crippen LogP contribution in [0.1, 0.15) is 34.1 Å². The molecule has 3 aromatic rings. The summed E-state index contributed by atoms with van der Waals surface area (Å²) in [7, 11) is 3.99. The Balaban J connectivity index is 1.89. The third-order valence-corrected chi connectivity index (χ3v) is 7.16. The molecule has 0 spiro atoms. The van der Waals surface area contributed by atoms with Gasteiger partial charge in [-0.25, -0.2) is 4.79 Å². The lowest BCUT2D eigenvalue weighted by Gasteiger charge is -2.27. The van der Waals surface area contributed by atoms with Crippen LogP contribution in [-0.2, 0) is 24.1 Å². The number of ether oxygens (including phenoxy) is 2. The molecule has 1 aliphatic heterocycles. The van der Waals surface area contributed by atoms with Crippen LogP contribution >= 0.6 is 27.7 Å². The van der Waals surface area contributed by atoms with Crippen molar-refractivity contribution in [2.45, 2.75) is 31.0 Å². The van der Waals surface area contributed by atoms with Crippen molar-refractivity contribution >= 4 is 50.3 Å². The van der Waals surface area contributed by atoms with Gasteiger partial charge in [0.05, 0.1) is 22.2 Å². The molecule has 0 fully saturated rings. The quantitative estimate of drug-likeness (QED) is 0.297. The van der Waals surface area contributed by atoms with E-state index in [2.05, 4.69) is 31.5 Å². The van der Waals surface area contributed by atoms with Crippen LogP contribution in [0.15, 0.2) is 33.6 Å². The van der Waals surface area contributed by atoms with Gasteiger partial charge in [-0.2, -0.15) is 0 Å². The molecule has 0 saturated carbocycles. The Kier molecular flexibility index (Phi) is 6.23. The predicted octanol–water partition coefficient (Wildman–Crippen LogP) is 5.08. The molecule has 2 heterocycles. The largest absolute Gasteiger partial charge is 0.477 e. The molecule has 0 saturated heterocycles. The molecule has 0 atom stereocenters. The Bertz CT molecular complexity index is 1180. The molecule has 164 valence electrons. The summed E-state index contributed by atoms with van der Waals surface area (Å²) in [6.07, 6.45) is 0. The number of hydrogen-bond acceptors (Lipinski definition) is 6. The zero-order valence-electron chi connectivity index (χ0n) is 18.1. The summed E-state index contributed by atoms with van der Waals surface area (Å²) < 4.78 is 14.4. The average molecular weight is 504 g/mol. The standard InChI is InChI=1S/C23H26BrN3O3S/c1-5-29-23(28)21-18(11-31-19-8-13(2)6-7-16(19)25)27(4)17-9-15(24)22-14(20(17)21)10-26(3)12-30-22/h6-9H,5,10-12,25H2,1-4H3. The van der Waals surface area contributed by atoms with E-state index in [9.17, 15) is 4.79 Å². The lowest BCUT2D eigenvalue weighted by atomic mass is 10.0. The summed E-state index contributed by atoms with van der Waals surface area (Å²) in [6.45, 7) is 5.40. The van der Waals surface area contributed by atoms with E-state index in [1.165, 1.54) is 0 Å². The number of rotatable bonds is 5. The monoisotopic (exact) mass is 503 g/mol. The van der Waals surface area contributed by atoms with Gasteiger partial charge >= 0.3 is 5.97 Å². The van der Waals surface area contributed by atoms with E-state index in [4.69, 9.17) is 15.2 Å². The zero-order chi connectivity index (χ0) is 22.3. The summed E-state index contributed by atoms with van der Waals surface area (Å²) >= 11 is 5.29. The number of carbonyl (C=O) groups excluding carboxylic acids is 1. The van der Waals surface area contributed by atoms with Crippen molar-refractivity contribution in [3.8, 4) is 5.75 Å². The first-order valence-corrected chi connectivity index (χ1v) is 11.9. The molecule has 6 nitrogen and oxygen atoms in total. The third kappa shape index (κ3) is 4.04. The minimum atomic E-state index is -0.307. The number of aromatic nitrogens is 1. The van der Waals surface area contributed by atoms with E-state index in [1.54, 1.807) is 11.8 Å². The first-order chi connectivity index (χ1) is 14.8. The molecular weight excluding hydrogens is 478 g/mol. The molecule has 4 rings (SSSR count). The fraction of sp³-hybridized carbons (Fsp3) is 0.348. The number of aryl methyl sites for hydroxylation is 2. The molecule has 31 heavy (non-hydrogen) atoms. The van der Waals surface area contributed by atoms with E-state index in [1.807, 2.05) is 46.1 Å². The number of nitrogen functional groups attached to an aromatic ring is 1. The van der Waals surface area contributed by atoms with Crippen molar-refractivity contribution < 1.29 is 14.3 Å². The van der Waals surface area contributed by atoms with Crippen LogP contribution in [0.4, 0.5) is 5.69 Å². The summed E-state index contributed by atoms with van der Waals surface area (Å²) in [5.74, 6) is 1.08. The van der Waals surface area contributed by atoms with Crippen molar-refractivity contribution in [3.63, 3.8) is 0 Å². The maximum absolute atomic E-state index is 13.1. The second kappa shape index (κ2) is 8.76. The lowest BCUT2D eigenvalue weighted by molar-refractivity contribution is 0.0527. The van der Waals surface area contributed by atoms with Crippen LogP contribution in [0.25, 0.3) is 10.9 Å². The molecule has 0 amide bonds. The highest BCUT2D eigenvalue weighted by molar-refractivity contribution is 9.10. The van der Waals surface area contributed by atoms with Gasteiger partial charge in [-0.1, -0.05) is 6.07 Å². The number of nitrogens with zero attached hydrogens (tertiary/aromatic N) is 2. The fourth-order valence-corrected chi connectivity index (χ4v) is 5.68. The molecule has 1 aliphatic rings. The summed E-state index contributed by atoms with van der Waals surface area (Å²) in [6, 6.07) is 8.03. The molecule has 0 aliphatic carbocycles. The van der Waals surface area contributed by atoms with Crippen molar-refractivity contribution in [1.82, 2.24) is 9.47 Å². The number of anilines is 1. The van der Waals surface area contributed by atoms with Gasteiger partial charge in [-0.3, -0.25) is 4.90 Å². The normalized spacial score (nSPS) is 13.8. The number of esters is 1. The Morgan fingerprint density at radius 2 is 2.10 bits per heavy atom. The van der Waals surface area contributed by atoms with Gasteiger partial charge < -0.3 is 19.8 Å². The van der Waals surface area contributed by atoms with Gasteiger partial charge in [-0.05, 0) is 60.6 Å². The SMILES string of the molecule is CCOC(=O)c1c(CSc2cc(C)ccc2N)n(C)c2cc(Br)c3c(c12)CN(C)CO3. The number of carbonyl (C=O) groups is 1. The van der Waals surface area contributed by atoms with E-state index in [0.29, 0.717) is 31.2 Å². The summed E-state index contributed by atoms with van der Waals surface area (Å²) in [4.78, 5) is 16.2. The van der Waals surface area contributed by atoms with Gasteiger partial charge in [-0.15, -0.1) is 11.8 Å². The lowest BCUT2D eigenvalue weighted by Crippen LogP contribution is -2.28. The molecule has 8 heteroatoms. The van der Waals surface area contributed by atoms with Crippen LogP contribution in [0.5, 0.6) is 5.75 Å². The van der Waals surface area contributed by atoms with E-state index >= 15 is 0 Å². The molecule has 2 aromatic carbocycles. The molecule has 0 bridgehead atoms. The number of halogens is 1. The molecule has 0 unspecified atom stereocenters. The van der Waals surface area contributed by atoms with Crippen LogP contribution < -0.4 is 10.5 Å². The number of nitrogens with two attached hydrogens (primary N) is 1. The number of thioether (sulfide) groups is 1. The molecule has 2 N–H and O–H groups in total. The maximum Gasteiger partial charge on any atom is 0.340 e. The number of hydrogen-bond donors (Lipinski definition) is 1. The van der Waals surface area contributed by atoms with Gasteiger partial charge in [0.15, 0.2) is 0 Å². The van der Waals surface area contributed by atoms with Crippen LogP contribution in [0, 0.1) is 6.92 Å². The molecule has 1 aromatic heterocycles. The van der Waals surface area contributed by atoms with E-state index in [-0.39, 0.29) is 5.97 Å². The predicted molar refractivity (Wildman–Crippen MR) is 129 cm³/mol.